The van der Waals surface area contributed by atoms with E-state index in [0.29, 0.717) is 31.2 Å². The number of hydrogen-bond acceptors (Lipinski definition) is 5. The highest BCUT2D eigenvalue weighted by Gasteiger charge is 2.60. The van der Waals surface area contributed by atoms with Crippen LogP contribution in [-0.4, -0.2) is 108 Å². The molecule has 4 heterocycles. The number of alkyl halides is 3. The molecule has 1 aromatic heterocycles. The van der Waals surface area contributed by atoms with Gasteiger partial charge in [0.2, 0.25) is 5.91 Å². The summed E-state index contributed by atoms with van der Waals surface area (Å²) in [5.74, 6) is -1.93. The molecule has 3 aliphatic rings. The van der Waals surface area contributed by atoms with Gasteiger partial charge >= 0.3 is 12.1 Å². The third-order valence-corrected chi connectivity index (χ3v) is 7.02. The number of nitrogens with zero attached hydrogens (tertiary/aromatic N) is 3. The average molecular weight is 474 g/mol. The highest BCUT2D eigenvalue weighted by Crippen LogP contribution is 2.48. The number of rotatable bonds is 4. The first-order valence-electron chi connectivity index (χ1n) is 10.7. The average Bonchev–Trinajstić information content (AvgIpc) is 3.49. The molecule has 0 aliphatic carbocycles. The van der Waals surface area contributed by atoms with Crippen molar-refractivity contribution in [2.24, 2.45) is 11.8 Å². The van der Waals surface area contributed by atoms with Crippen LogP contribution >= 0.6 is 0 Å². The molecule has 2 unspecified atom stereocenters. The molecular formula is C21H29F3N4O5. The highest BCUT2D eigenvalue weighted by atomic mass is 19.4. The van der Waals surface area contributed by atoms with E-state index < -0.39 is 12.1 Å². The number of aromatic amines is 1. The number of fused-ring (bicyclic) bond motifs is 2. The quantitative estimate of drug-likeness (QED) is 0.681. The number of carboxylic acid groups (broad SMARTS) is 1. The Morgan fingerprint density at radius 3 is 2.42 bits per heavy atom. The maximum Gasteiger partial charge on any atom is 0.490 e. The summed E-state index contributed by atoms with van der Waals surface area (Å²) in [4.78, 5) is 43.6. The molecule has 0 saturated carbocycles. The second kappa shape index (κ2) is 9.72. The van der Waals surface area contributed by atoms with Gasteiger partial charge < -0.3 is 24.6 Å². The number of methoxy groups -OCH3 is 1. The number of amides is 2. The zero-order valence-corrected chi connectivity index (χ0v) is 18.6. The van der Waals surface area contributed by atoms with Gasteiger partial charge in [0.05, 0.1) is 23.6 Å². The summed E-state index contributed by atoms with van der Waals surface area (Å²) >= 11 is 0. The zero-order valence-electron chi connectivity index (χ0n) is 18.6. The maximum absolute atomic E-state index is 12.9. The number of aliphatic carboxylic acids is 1. The van der Waals surface area contributed by atoms with Crippen LogP contribution in [0.25, 0.3) is 0 Å². The third kappa shape index (κ3) is 5.01. The lowest BCUT2D eigenvalue weighted by Gasteiger charge is -2.46. The van der Waals surface area contributed by atoms with Crippen LogP contribution in [-0.2, 0) is 14.3 Å². The van der Waals surface area contributed by atoms with Crippen LogP contribution < -0.4 is 0 Å². The van der Waals surface area contributed by atoms with Gasteiger partial charge in [-0.05, 0) is 18.9 Å². The first-order valence-corrected chi connectivity index (χ1v) is 10.7. The van der Waals surface area contributed by atoms with E-state index in [1.807, 2.05) is 22.9 Å². The van der Waals surface area contributed by atoms with Crippen molar-refractivity contribution in [2.45, 2.75) is 24.6 Å². The van der Waals surface area contributed by atoms with E-state index in [9.17, 15) is 22.8 Å². The molecule has 0 radical (unpaired) electrons. The van der Waals surface area contributed by atoms with Crippen molar-refractivity contribution in [2.75, 3.05) is 53.5 Å². The maximum atomic E-state index is 12.9. The van der Waals surface area contributed by atoms with Gasteiger partial charge in [-0.1, -0.05) is 0 Å². The van der Waals surface area contributed by atoms with E-state index in [4.69, 9.17) is 14.6 Å². The molecule has 0 aromatic carbocycles. The Labute approximate surface area is 189 Å². The van der Waals surface area contributed by atoms with Gasteiger partial charge in [-0.15, -0.1) is 0 Å². The van der Waals surface area contributed by atoms with Crippen LogP contribution in [0.3, 0.4) is 0 Å². The smallest absolute Gasteiger partial charge is 0.475 e. The molecule has 2 atom stereocenters. The molecule has 2 N–H and O–H groups in total. The standard InChI is InChI=1S/C19H28N4O3.C2HF3O2/c1-21-18(25)15-12-22(9-10-26-2)13-16(15)19(21)4-7-23(8-5-19)17(24)14-3-6-20-11-14;3-2(4,5)1(6)7/h3,6,11,15-16,20H,4-5,7-10,12-13H2,1-2H3;(H,6,7). The predicted molar refractivity (Wildman–Crippen MR) is 110 cm³/mol. The lowest BCUT2D eigenvalue weighted by atomic mass is 9.75. The summed E-state index contributed by atoms with van der Waals surface area (Å²) < 4.78 is 36.9. The van der Waals surface area contributed by atoms with Crippen molar-refractivity contribution in [3.63, 3.8) is 0 Å². The lowest BCUT2D eigenvalue weighted by molar-refractivity contribution is -0.192. The van der Waals surface area contributed by atoms with Gasteiger partial charge in [-0.25, -0.2) is 4.79 Å². The molecule has 2 amide bonds. The number of carboxylic acids is 1. The van der Waals surface area contributed by atoms with Gasteiger partial charge in [-0.2, -0.15) is 13.2 Å². The number of hydrogen-bond donors (Lipinski definition) is 2. The number of ether oxygens (including phenoxy) is 1. The van der Waals surface area contributed by atoms with Crippen LogP contribution in [0.15, 0.2) is 18.5 Å². The number of piperidine rings is 1. The summed E-state index contributed by atoms with van der Waals surface area (Å²) in [6.45, 7) is 4.80. The fraction of sp³-hybridized carbons (Fsp3) is 0.667. The Balaban J connectivity index is 0.000000383. The van der Waals surface area contributed by atoms with E-state index in [2.05, 4.69) is 9.88 Å². The molecule has 0 bridgehead atoms. The van der Waals surface area contributed by atoms with E-state index in [1.54, 1.807) is 19.5 Å². The van der Waals surface area contributed by atoms with Crippen molar-refractivity contribution in [3.8, 4) is 0 Å². The zero-order chi connectivity index (χ0) is 24.4. The van der Waals surface area contributed by atoms with Crippen LogP contribution in [0.2, 0.25) is 0 Å². The van der Waals surface area contributed by atoms with Crippen LogP contribution in [0, 0.1) is 11.8 Å². The summed E-state index contributed by atoms with van der Waals surface area (Å²) in [5.41, 5.74) is 0.611. The number of halogens is 3. The van der Waals surface area contributed by atoms with Crippen LogP contribution in [0.4, 0.5) is 13.2 Å². The summed E-state index contributed by atoms with van der Waals surface area (Å²) in [5, 5.41) is 7.12. The fourth-order valence-corrected chi connectivity index (χ4v) is 5.24. The number of H-pyrrole nitrogens is 1. The van der Waals surface area contributed by atoms with Gasteiger partial charge in [0.15, 0.2) is 0 Å². The van der Waals surface area contributed by atoms with Crippen molar-refractivity contribution in [1.29, 1.82) is 0 Å². The normalized spacial score (nSPS) is 24.6. The Kier molecular flexibility index (Phi) is 7.37. The van der Waals surface area contributed by atoms with Crippen molar-refractivity contribution in [3.05, 3.63) is 24.0 Å². The third-order valence-electron chi connectivity index (χ3n) is 7.02. The molecule has 3 saturated heterocycles. The predicted octanol–water partition coefficient (Wildman–Crippen LogP) is 1.29. The molecule has 3 aliphatic heterocycles. The minimum Gasteiger partial charge on any atom is -0.475 e. The van der Waals surface area contributed by atoms with E-state index in [1.165, 1.54) is 0 Å². The first-order chi connectivity index (χ1) is 15.5. The lowest BCUT2D eigenvalue weighted by Crippen LogP contribution is -2.56. The SMILES string of the molecule is COCCN1CC2C(=O)N(C)C3(CCN(C(=O)c4cc[nH]c4)CC3)C2C1.O=C(O)C(F)(F)F. The second-order valence-electron chi connectivity index (χ2n) is 8.66. The van der Waals surface area contributed by atoms with Crippen molar-refractivity contribution in [1.82, 2.24) is 19.7 Å². The van der Waals surface area contributed by atoms with Gasteiger partial charge in [-0.3, -0.25) is 14.5 Å². The van der Waals surface area contributed by atoms with Crippen molar-refractivity contribution < 1.29 is 37.4 Å². The first kappa shape index (κ1) is 25.0. The molecule has 3 fully saturated rings. The van der Waals surface area contributed by atoms with Crippen molar-refractivity contribution >= 4 is 17.8 Å². The summed E-state index contributed by atoms with van der Waals surface area (Å²) in [6, 6.07) is 1.82. The summed E-state index contributed by atoms with van der Waals surface area (Å²) in [6.07, 6.45) is 0.174. The Hall–Kier alpha value is -2.60. The molecule has 1 spiro atoms. The molecule has 12 heteroatoms. The highest BCUT2D eigenvalue weighted by molar-refractivity contribution is 5.94. The molecule has 184 valence electrons. The monoisotopic (exact) mass is 474 g/mol. The Morgan fingerprint density at radius 2 is 1.91 bits per heavy atom. The Bertz CT molecular complexity index is 853. The number of carbonyl (C=O) groups is 3. The number of carbonyl (C=O) groups excluding carboxylic acids is 2. The molecule has 33 heavy (non-hydrogen) atoms. The van der Waals surface area contributed by atoms with Gasteiger partial charge in [0.25, 0.3) is 5.91 Å². The Morgan fingerprint density at radius 1 is 1.27 bits per heavy atom. The van der Waals surface area contributed by atoms with E-state index in [0.717, 1.165) is 32.5 Å². The fourth-order valence-electron chi connectivity index (χ4n) is 5.24. The topological polar surface area (TPSA) is 106 Å². The molecule has 1 aromatic rings. The van der Waals surface area contributed by atoms with Crippen LogP contribution in [0.5, 0.6) is 0 Å². The number of aromatic nitrogens is 1. The van der Waals surface area contributed by atoms with Crippen LogP contribution in [0.1, 0.15) is 23.2 Å². The number of likely N-dealkylation sites (tertiary alicyclic amines) is 3. The summed E-state index contributed by atoms with van der Waals surface area (Å²) in [7, 11) is 3.68. The minimum absolute atomic E-state index is 0.0813. The molecule has 9 nitrogen and oxygen atoms in total. The molecule has 4 rings (SSSR count). The van der Waals surface area contributed by atoms with E-state index in [-0.39, 0.29) is 23.3 Å². The number of nitrogens with one attached hydrogen (secondary N) is 1. The largest absolute Gasteiger partial charge is 0.490 e. The van der Waals surface area contributed by atoms with Gasteiger partial charge in [0, 0.05) is 65.2 Å². The van der Waals surface area contributed by atoms with E-state index >= 15 is 0 Å². The second-order valence-corrected chi connectivity index (χ2v) is 8.66. The molecular weight excluding hydrogens is 445 g/mol. The minimum atomic E-state index is -5.08. The van der Waals surface area contributed by atoms with Gasteiger partial charge in [0.1, 0.15) is 0 Å².